The monoisotopic (exact) mass is 194 g/mol. The molecule has 0 amide bonds. The van der Waals surface area contributed by atoms with Gasteiger partial charge >= 0.3 is 0 Å². The molecule has 76 valence electrons. The van der Waals surface area contributed by atoms with Crippen LogP contribution in [0.2, 0.25) is 0 Å². The number of carbonyl (C=O) groups is 1. The molecule has 1 aromatic rings. The normalized spacial score (nSPS) is 21.4. The Morgan fingerprint density at radius 2 is 2.57 bits per heavy atom. The van der Waals surface area contributed by atoms with Crippen LogP contribution in [0.5, 0.6) is 0 Å². The summed E-state index contributed by atoms with van der Waals surface area (Å²) in [6.07, 6.45) is 1.93. The summed E-state index contributed by atoms with van der Waals surface area (Å²) in [7, 11) is 0. The minimum absolute atomic E-state index is 0.00306. The number of nitrogens with one attached hydrogen (secondary N) is 1. The molecule has 0 bridgehead atoms. The summed E-state index contributed by atoms with van der Waals surface area (Å²) in [5.74, 6) is 0.394. The van der Waals surface area contributed by atoms with Gasteiger partial charge in [0.25, 0.3) is 5.91 Å². The summed E-state index contributed by atoms with van der Waals surface area (Å²) in [4.78, 5) is 11.9. The molecular weight excluding hydrogens is 180 g/mol. The predicted octanol–water partition coefficient (Wildman–Crippen LogP) is 0.166. The van der Waals surface area contributed by atoms with Crippen LogP contribution in [0.4, 0.5) is 5.82 Å². The van der Waals surface area contributed by atoms with Crippen molar-refractivity contribution in [3.63, 3.8) is 0 Å². The molecule has 1 aromatic heterocycles. The molecule has 2 rings (SSSR count). The zero-order chi connectivity index (χ0) is 10.1. The van der Waals surface area contributed by atoms with Gasteiger partial charge in [-0.15, -0.1) is 5.10 Å². The first kappa shape index (κ1) is 9.21. The van der Waals surface area contributed by atoms with Gasteiger partial charge in [0.15, 0.2) is 0 Å². The third-order valence-electron chi connectivity index (χ3n) is 2.47. The number of hydrogen-bond donors (Lipinski definition) is 2. The number of hydrogen-bond acceptors (Lipinski definition) is 4. The van der Waals surface area contributed by atoms with Gasteiger partial charge < -0.3 is 11.1 Å². The highest BCUT2D eigenvalue weighted by atomic mass is 16.2. The largest absolute Gasteiger partial charge is 0.382 e. The van der Waals surface area contributed by atoms with E-state index in [1.807, 2.05) is 6.92 Å². The average molecular weight is 194 g/mol. The van der Waals surface area contributed by atoms with Gasteiger partial charge in [-0.3, -0.25) is 4.79 Å². The van der Waals surface area contributed by atoms with Crippen LogP contribution in [0, 0.1) is 6.92 Å². The van der Waals surface area contributed by atoms with Crippen LogP contribution in [0.15, 0.2) is 6.07 Å². The lowest BCUT2D eigenvalue weighted by molar-refractivity contribution is 0.0851. The molecule has 0 radical (unpaired) electrons. The summed E-state index contributed by atoms with van der Waals surface area (Å²) >= 11 is 0. The van der Waals surface area contributed by atoms with Gasteiger partial charge in [-0.1, -0.05) is 0 Å². The summed E-state index contributed by atoms with van der Waals surface area (Å²) in [6.45, 7) is 2.74. The Morgan fingerprint density at radius 1 is 1.79 bits per heavy atom. The number of nitrogen functional groups attached to an aromatic ring is 1. The van der Waals surface area contributed by atoms with Crippen molar-refractivity contribution in [2.75, 3.05) is 12.3 Å². The maximum atomic E-state index is 11.9. The highest BCUT2D eigenvalue weighted by Crippen LogP contribution is 2.10. The number of nitrogens with two attached hydrogens (primary N) is 1. The van der Waals surface area contributed by atoms with E-state index in [0.717, 1.165) is 25.1 Å². The second kappa shape index (κ2) is 3.42. The Hall–Kier alpha value is -1.36. The molecule has 0 aromatic carbocycles. The van der Waals surface area contributed by atoms with E-state index >= 15 is 0 Å². The van der Waals surface area contributed by atoms with E-state index in [-0.39, 0.29) is 11.9 Å². The summed E-state index contributed by atoms with van der Waals surface area (Å²) in [5, 5.41) is 7.10. The Morgan fingerprint density at radius 3 is 3.07 bits per heavy atom. The fourth-order valence-corrected chi connectivity index (χ4v) is 1.76. The smallest absolute Gasteiger partial charge is 0.264 e. The van der Waals surface area contributed by atoms with Gasteiger partial charge in [-0.05, 0) is 26.3 Å². The molecule has 5 nitrogen and oxygen atoms in total. The molecule has 2 heterocycles. The van der Waals surface area contributed by atoms with Crippen LogP contribution >= 0.6 is 0 Å². The number of nitrogens with zero attached hydrogens (tertiary/aromatic N) is 2. The summed E-state index contributed by atoms with van der Waals surface area (Å²) in [6, 6.07) is 1.61. The fraction of sp³-hybridized carbons (Fsp3) is 0.556. The first-order valence-corrected chi connectivity index (χ1v) is 4.78. The molecule has 1 saturated heterocycles. The summed E-state index contributed by atoms with van der Waals surface area (Å²) in [5.41, 5.74) is 6.30. The van der Waals surface area contributed by atoms with Crippen molar-refractivity contribution >= 4 is 11.7 Å². The molecule has 0 saturated carbocycles. The lowest BCUT2D eigenvalue weighted by Gasteiger charge is -2.09. The number of rotatable bonds is 1. The first-order valence-electron chi connectivity index (χ1n) is 4.78. The lowest BCUT2D eigenvalue weighted by Crippen LogP contribution is -2.35. The van der Waals surface area contributed by atoms with Crippen LogP contribution in [-0.4, -0.2) is 28.3 Å². The minimum atomic E-state index is -0.0898. The van der Waals surface area contributed by atoms with E-state index in [2.05, 4.69) is 10.4 Å². The van der Waals surface area contributed by atoms with Crippen LogP contribution < -0.4 is 11.1 Å². The van der Waals surface area contributed by atoms with Crippen molar-refractivity contribution in [1.29, 1.82) is 0 Å². The van der Waals surface area contributed by atoms with Gasteiger partial charge in [-0.2, -0.15) is 0 Å². The third kappa shape index (κ3) is 1.50. The zero-order valence-electron chi connectivity index (χ0n) is 8.16. The predicted molar refractivity (Wildman–Crippen MR) is 53.0 cm³/mol. The van der Waals surface area contributed by atoms with Gasteiger partial charge in [-0.25, -0.2) is 4.68 Å². The van der Waals surface area contributed by atoms with Crippen LogP contribution in [0.3, 0.4) is 0 Å². The zero-order valence-corrected chi connectivity index (χ0v) is 8.16. The number of aromatic nitrogens is 2. The molecule has 1 fully saturated rings. The lowest BCUT2D eigenvalue weighted by atomic mass is 10.2. The molecule has 0 aliphatic carbocycles. The van der Waals surface area contributed by atoms with E-state index in [1.165, 1.54) is 4.68 Å². The van der Waals surface area contributed by atoms with Crippen LogP contribution in [0.1, 0.15) is 23.3 Å². The highest BCUT2D eigenvalue weighted by molar-refractivity contribution is 5.84. The maximum absolute atomic E-state index is 11.9. The van der Waals surface area contributed by atoms with Crippen LogP contribution in [-0.2, 0) is 0 Å². The van der Waals surface area contributed by atoms with E-state index in [9.17, 15) is 4.79 Å². The standard InChI is InChI=1S/C9H14N4O/c1-6-5-8(10)12-13(6)9(14)7-3-2-4-11-7/h5,7,11H,2-4H2,1H3,(H2,10,12)/t7-/m0/s1. The Kier molecular flexibility index (Phi) is 2.25. The Bertz CT molecular complexity index is 352. The molecule has 1 aliphatic heterocycles. The van der Waals surface area contributed by atoms with Gasteiger partial charge in [0.1, 0.15) is 5.82 Å². The minimum Gasteiger partial charge on any atom is -0.382 e. The van der Waals surface area contributed by atoms with Crippen molar-refractivity contribution in [3.05, 3.63) is 11.8 Å². The van der Waals surface area contributed by atoms with Crippen molar-refractivity contribution in [3.8, 4) is 0 Å². The topological polar surface area (TPSA) is 72.9 Å². The summed E-state index contributed by atoms with van der Waals surface area (Å²) < 4.78 is 1.39. The van der Waals surface area contributed by atoms with Crippen molar-refractivity contribution in [2.45, 2.75) is 25.8 Å². The molecule has 0 spiro atoms. The van der Waals surface area contributed by atoms with E-state index in [4.69, 9.17) is 5.73 Å². The SMILES string of the molecule is Cc1cc(N)nn1C(=O)[C@@H]1CCCN1. The van der Waals surface area contributed by atoms with E-state index < -0.39 is 0 Å². The van der Waals surface area contributed by atoms with Crippen LogP contribution in [0.25, 0.3) is 0 Å². The molecule has 5 heteroatoms. The van der Waals surface area contributed by atoms with Crippen molar-refractivity contribution in [1.82, 2.24) is 15.1 Å². The Balaban J connectivity index is 2.21. The molecule has 1 aliphatic rings. The molecular formula is C9H14N4O. The van der Waals surface area contributed by atoms with E-state index in [1.54, 1.807) is 6.07 Å². The number of aryl methyl sites for hydroxylation is 1. The van der Waals surface area contributed by atoms with Gasteiger partial charge in [0, 0.05) is 11.8 Å². The maximum Gasteiger partial charge on any atom is 0.264 e. The molecule has 1 atom stereocenters. The van der Waals surface area contributed by atoms with Gasteiger partial charge in [0.05, 0.1) is 6.04 Å². The molecule has 3 N–H and O–H groups in total. The second-order valence-corrected chi connectivity index (χ2v) is 3.61. The third-order valence-corrected chi connectivity index (χ3v) is 2.47. The fourth-order valence-electron chi connectivity index (χ4n) is 1.76. The van der Waals surface area contributed by atoms with Crippen molar-refractivity contribution in [2.24, 2.45) is 0 Å². The van der Waals surface area contributed by atoms with Gasteiger partial charge in [0.2, 0.25) is 0 Å². The average Bonchev–Trinajstić information content (AvgIpc) is 2.73. The molecule has 0 unspecified atom stereocenters. The number of carbonyl (C=O) groups excluding carboxylic acids is 1. The number of anilines is 1. The second-order valence-electron chi connectivity index (χ2n) is 3.61. The quantitative estimate of drug-likeness (QED) is 0.668. The highest BCUT2D eigenvalue weighted by Gasteiger charge is 2.24. The van der Waals surface area contributed by atoms with E-state index in [0.29, 0.717) is 5.82 Å². The molecule has 14 heavy (non-hydrogen) atoms. The first-order chi connectivity index (χ1) is 6.68. The van der Waals surface area contributed by atoms with Crippen molar-refractivity contribution < 1.29 is 4.79 Å². The Labute approximate surface area is 82.3 Å².